The van der Waals surface area contributed by atoms with E-state index in [1.54, 1.807) is 0 Å². The van der Waals surface area contributed by atoms with Gasteiger partial charge in [0.05, 0.1) is 5.54 Å². The first-order valence-electron chi connectivity index (χ1n) is 7.98. The Morgan fingerprint density at radius 2 is 1.55 bits per heavy atom. The minimum Gasteiger partial charge on any atom is -0.370 e. The van der Waals surface area contributed by atoms with E-state index in [-0.39, 0.29) is 23.4 Å². The zero-order valence-electron chi connectivity index (χ0n) is 15.2. The number of hydrogen-bond donors (Lipinski definition) is 3. The fourth-order valence-electron chi connectivity index (χ4n) is 2.60. The van der Waals surface area contributed by atoms with Crippen molar-refractivity contribution in [1.29, 1.82) is 0 Å². The Morgan fingerprint density at radius 1 is 0.955 bits per heavy atom. The van der Waals surface area contributed by atoms with Crippen LogP contribution in [0, 0.1) is 5.41 Å². The van der Waals surface area contributed by atoms with Gasteiger partial charge in [0.2, 0.25) is 0 Å². The number of aliphatic imine (C=N–C) groups is 2. The lowest BCUT2D eigenvalue weighted by Crippen LogP contribution is -2.43. The summed E-state index contributed by atoms with van der Waals surface area (Å²) in [7, 11) is 0. The molecule has 0 radical (unpaired) electrons. The molecule has 0 aliphatic carbocycles. The van der Waals surface area contributed by atoms with E-state index >= 15 is 0 Å². The topological polar surface area (TPSA) is 88.8 Å². The van der Waals surface area contributed by atoms with Crippen LogP contribution in [0.4, 0.5) is 0 Å². The van der Waals surface area contributed by atoms with Gasteiger partial charge in [-0.25, -0.2) is 4.99 Å². The molecule has 0 bridgehead atoms. The number of halogens is 1. The lowest BCUT2D eigenvalue weighted by Gasteiger charge is -2.29. The van der Waals surface area contributed by atoms with E-state index in [1.165, 1.54) is 19.3 Å². The van der Waals surface area contributed by atoms with Crippen LogP contribution in [0.1, 0.15) is 73.6 Å². The average Bonchev–Trinajstić information content (AvgIpc) is 2.23. The van der Waals surface area contributed by atoms with Crippen LogP contribution < -0.4 is 16.8 Å². The van der Waals surface area contributed by atoms with Crippen molar-refractivity contribution in [1.82, 2.24) is 5.32 Å². The fraction of sp³-hybridized carbons (Fsp3) is 0.875. The maximum atomic E-state index is 5.91. The summed E-state index contributed by atoms with van der Waals surface area (Å²) in [4.78, 5) is 8.78. The molecular formula is C16H36ClN5. The first kappa shape index (κ1) is 23.3. The lowest BCUT2D eigenvalue weighted by atomic mass is 9.82. The van der Waals surface area contributed by atoms with Crippen LogP contribution in [0.25, 0.3) is 0 Å². The van der Waals surface area contributed by atoms with Gasteiger partial charge in [-0.1, -0.05) is 47.0 Å². The van der Waals surface area contributed by atoms with Crippen LogP contribution in [0.3, 0.4) is 0 Å². The van der Waals surface area contributed by atoms with Crippen molar-refractivity contribution in [2.24, 2.45) is 26.9 Å². The summed E-state index contributed by atoms with van der Waals surface area (Å²) >= 11 is 0. The highest BCUT2D eigenvalue weighted by Crippen LogP contribution is 2.29. The third kappa shape index (κ3) is 14.0. The summed E-state index contributed by atoms with van der Waals surface area (Å²) < 4.78 is 0. The van der Waals surface area contributed by atoms with Gasteiger partial charge in [-0.15, -0.1) is 12.4 Å². The van der Waals surface area contributed by atoms with Crippen molar-refractivity contribution in [3.8, 4) is 0 Å². The second-order valence-corrected chi connectivity index (χ2v) is 7.50. The molecule has 6 heteroatoms. The Labute approximate surface area is 142 Å². The number of nitrogens with two attached hydrogens (primary N) is 2. The van der Waals surface area contributed by atoms with Crippen LogP contribution in [0.15, 0.2) is 9.98 Å². The minimum atomic E-state index is -0.225. The Balaban J connectivity index is 0. The van der Waals surface area contributed by atoms with E-state index in [1.807, 2.05) is 0 Å². The molecule has 5 nitrogen and oxygen atoms in total. The smallest absolute Gasteiger partial charge is 0.195 e. The maximum absolute atomic E-state index is 5.91. The molecule has 0 aromatic rings. The normalized spacial score (nSPS) is 13.7. The van der Waals surface area contributed by atoms with Gasteiger partial charge in [-0.2, -0.15) is 0 Å². The standard InChI is InChI=1S/C16H35N5.ClH/c1-7-8-9-10-11-19-13(17)20-14(18)21-16(5,6)12-15(2,3)4;/h7-12H2,1-6H3,(H5,17,18,19,20,21);1H. The zero-order chi connectivity index (χ0) is 16.5. The third-order valence-electron chi connectivity index (χ3n) is 2.94. The van der Waals surface area contributed by atoms with Crippen molar-refractivity contribution in [3.05, 3.63) is 0 Å². The highest BCUT2D eigenvalue weighted by atomic mass is 35.5. The summed E-state index contributed by atoms with van der Waals surface area (Å²) in [5, 5.41) is 2.87. The van der Waals surface area contributed by atoms with Crippen LogP contribution >= 0.6 is 12.4 Å². The highest BCUT2D eigenvalue weighted by Gasteiger charge is 2.25. The molecule has 0 saturated heterocycles. The molecule has 132 valence electrons. The summed E-state index contributed by atoms with van der Waals surface area (Å²) in [6.45, 7) is 13.7. The molecule has 0 heterocycles. The number of nitrogens with one attached hydrogen (secondary N) is 1. The number of nitrogens with zero attached hydrogens (tertiary/aromatic N) is 2. The van der Waals surface area contributed by atoms with Gasteiger partial charge in [0.25, 0.3) is 0 Å². The number of unbranched alkanes of at least 4 members (excludes halogenated alkanes) is 3. The summed E-state index contributed by atoms with van der Waals surface area (Å²) in [6, 6.07) is 0. The van der Waals surface area contributed by atoms with Crippen molar-refractivity contribution in [2.75, 3.05) is 6.54 Å². The van der Waals surface area contributed by atoms with Gasteiger partial charge in [0, 0.05) is 6.54 Å². The Kier molecular flexibility index (Phi) is 11.3. The van der Waals surface area contributed by atoms with Crippen molar-refractivity contribution >= 4 is 24.3 Å². The lowest BCUT2D eigenvalue weighted by molar-refractivity contribution is 0.288. The molecule has 0 aromatic carbocycles. The van der Waals surface area contributed by atoms with Gasteiger partial charge in [-0.05, 0) is 32.1 Å². The predicted molar refractivity (Wildman–Crippen MR) is 101 cm³/mol. The summed E-state index contributed by atoms with van der Waals surface area (Å²) in [5.74, 6) is 0.679. The molecule has 5 N–H and O–H groups in total. The molecule has 0 aliphatic rings. The first-order chi connectivity index (χ1) is 9.56. The molecule has 0 aromatic heterocycles. The summed E-state index contributed by atoms with van der Waals surface area (Å²) in [6.07, 6.45) is 5.65. The zero-order valence-corrected chi connectivity index (χ0v) is 16.0. The molecular weight excluding hydrogens is 298 g/mol. The third-order valence-corrected chi connectivity index (χ3v) is 2.94. The maximum Gasteiger partial charge on any atom is 0.195 e. The van der Waals surface area contributed by atoms with E-state index in [0.29, 0.717) is 11.9 Å². The quantitative estimate of drug-likeness (QED) is 0.379. The second kappa shape index (κ2) is 10.7. The average molecular weight is 334 g/mol. The first-order valence-corrected chi connectivity index (χ1v) is 7.98. The van der Waals surface area contributed by atoms with Crippen LogP contribution in [0.2, 0.25) is 0 Å². The molecule has 0 aliphatic heterocycles. The van der Waals surface area contributed by atoms with Crippen LogP contribution in [0.5, 0.6) is 0 Å². The van der Waals surface area contributed by atoms with Gasteiger partial charge >= 0.3 is 0 Å². The largest absolute Gasteiger partial charge is 0.370 e. The molecule has 0 amide bonds. The molecule has 0 rings (SSSR count). The van der Waals surface area contributed by atoms with Crippen LogP contribution in [-0.2, 0) is 0 Å². The van der Waals surface area contributed by atoms with Gasteiger partial charge in [0.1, 0.15) is 0 Å². The van der Waals surface area contributed by atoms with Gasteiger partial charge in [-0.3, -0.25) is 10.3 Å². The predicted octanol–water partition coefficient (Wildman–Crippen LogP) is 3.42. The van der Waals surface area contributed by atoms with Gasteiger partial charge in [0.15, 0.2) is 11.9 Å². The SMILES string of the molecule is CCCCCCN=C(N)NC(N)=NC(C)(C)CC(C)(C)C.Cl. The molecule has 0 fully saturated rings. The second-order valence-electron chi connectivity index (χ2n) is 7.50. The molecule has 22 heavy (non-hydrogen) atoms. The summed E-state index contributed by atoms with van der Waals surface area (Å²) in [5.41, 5.74) is 11.7. The van der Waals surface area contributed by atoms with Crippen molar-refractivity contribution in [3.63, 3.8) is 0 Å². The highest BCUT2D eigenvalue weighted by molar-refractivity contribution is 5.97. The van der Waals surface area contributed by atoms with E-state index in [4.69, 9.17) is 11.5 Å². The molecule has 0 unspecified atom stereocenters. The van der Waals surface area contributed by atoms with E-state index in [0.717, 1.165) is 19.4 Å². The van der Waals surface area contributed by atoms with Crippen molar-refractivity contribution in [2.45, 2.75) is 79.2 Å². The monoisotopic (exact) mass is 333 g/mol. The number of rotatable bonds is 7. The van der Waals surface area contributed by atoms with E-state index < -0.39 is 0 Å². The molecule has 0 spiro atoms. The number of guanidine groups is 2. The van der Waals surface area contributed by atoms with E-state index in [9.17, 15) is 0 Å². The van der Waals surface area contributed by atoms with Gasteiger partial charge < -0.3 is 11.5 Å². The molecule has 0 saturated carbocycles. The number of hydrogen-bond acceptors (Lipinski definition) is 2. The van der Waals surface area contributed by atoms with Crippen molar-refractivity contribution < 1.29 is 0 Å². The minimum absolute atomic E-state index is 0. The molecule has 0 atom stereocenters. The fourth-order valence-corrected chi connectivity index (χ4v) is 2.60. The van der Waals surface area contributed by atoms with E-state index in [2.05, 4.69) is 56.8 Å². The Bertz CT molecular complexity index is 356. The Hall–Kier alpha value is -0.970. The van der Waals surface area contributed by atoms with Crippen LogP contribution in [-0.4, -0.2) is 24.0 Å². The Morgan fingerprint density at radius 3 is 2.05 bits per heavy atom.